The Morgan fingerprint density at radius 1 is 1.17 bits per heavy atom. The van der Waals surface area contributed by atoms with Crippen molar-refractivity contribution in [1.82, 2.24) is 9.88 Å². The second kappa shape index (κ2) is 8.57. The fourth-order valence-electron chi connectivity index (χ4n) is 3.18. The van der Waals surface area contributed by atoms with E-state index in [0.29, 0.717) is 33.7 Å². The fourth-order valence-corrected chi connectivity index (χ4v) is 4.48. The Morgan fingerprint density at radius 3 is 2.72 bits per heavy atom. The van der Waals surface area contributed by atoms with Crippen molar-refractivity contribution < 1.29 is 14.3 Å². The molecule has 0 spiro atoms. The molecule has 0 N–H and O–H groups in total. The predicted molar refractivity (Wildman–Crippen MR) is 117 cm³/mol. The number of hydrogen-bond acceptors (Lipinski definition) is 6. The Morgan fingerprint density at radius 2 is 1.97 bits per heavy atom. The van der Waals surface area contributed by atoms with Gasteiger partial charge in [-0.15, -0.1) is 0 Å². The number of rotatable bonds is 6. The number of ether oxygens (including phenoxy) is 2. The van der Waals surface area contributed by atoms with Crippen LogP contribution in [0.5, 0.6) is 11.5 Å². The molecule has 2 heterocycles. The maximum atomic E-state index is 13.4. The first-order valence-corrected chi connectivity index (χ1v) is 10.6. The molecule has 3 aromatic rings. The number of anilines is 1. The van der Waals surface area contributed by atoms with Gasteiger partial charge in [0.05, 0.1) is 9.72 Å². The van der Waals surface area contributed by atoms with E-state index >= 15 is 0 Å². The summed E-state index contributed by atoms with van der Waals surface area (Å²) in [6.07, 6.45) is 0.0961. The molecule has 1 atom stereocenters. The smallest absolute Gasteiger partial charge is 0.273 e. The first-order chi connectivity index (χ1) is 14.0. The normalized spacial score (nSPS) is 15.7. The number of fused-ring (bicyclic) bond motifs is 2. The first kappa shape index (κ1) is 19.9. The lowest BCUT2D eigenvalue weighted by atomic mass is 10.2. The number of carbonyl (C=O) groups is 1. The Bertz CT molecular complexity index is 1020. The Hall–Kier alpha value is -2.35. The predicted octanol–water partition coefficient (Wildman–Crippen LogP) is 4.07. The van der Waals surface area contributed by atoms with E-state index in [1.165, 1.54) is 11.3 Å². The lowest BCUT2D eigenvalue weighted by Gasteiger charge is -2.29. The zero-order chi connectivity index (χ0) is 20.4. The molecule has 0 aliphatic carbocycles. The van der Waals surface area contributed by atoms with Crippen molar-refractivity contribution in [3.63, 3.8) is 0 Å². The zero-order valence-electron chi connectivity index (χ0n) is 16.3. The van der Waals surface area contributed by atoms with Crippen LogP contribution in [0, 0.1) is 0 Å². The molecule has 1 aromatic heterocycles. The summed E-state index contributed by atoms with van der Waals surface area (Å²) in [5.41, 5.74) is 0.714. The minimum absolute atomic E-state index is 0.159. The van der Waals surface area contributed by atoms with Gasteiger partial charge in [-0.1, -0.05) is 41.1 Å². The van der Waals surface area contributed by atoms with Gasteiger partial charge in [0.2, 0.25) is 6.10 Å². The highest BCUT2D eigenvalue weighted by Crippen LogP contribution is 2.35. The number of thiazole rings is 1. The lowest BCUT2D eigenvalue weighted by molar-refractivity contribution is -0.127. The third-order valence-electron chi connectivity index (χ3n) is 4.63. The van der Waals surface area contributed by atoms with Crippen molar-refractivity contribution in [3.05, 3.63) is 47.5 Å². The number of benzene rings is 2. The number of amides is 1. The van der Waals surface area contributed by atoms with Gasteiger partial charge in [-0.3, -0.25) is 9.69 Å². The molecule has 1 aliphatic heterocycles. The minimum atomic E-state index is -0.716. The van der Waals surface area contributed by atoms with E-state index < -0.39 is 6.10 Å². The molecule has 0 saturated heterocycles. The molecule has 4 rings (SSSR count). The van der Waals surface area contributed by atoms with E-state index in [4.69, 9.17) is 21.1 Å². The molecule has 2 aromatic carbocycles. The molecule has 8 heteroatoms. The highest BCUT2D eigenvalue weighted by atomic mass is 35.5. The summed E-state index contributed by atoms with van der Waals surface area (Å²) in [6.45, 7) is 1.57. The second-order valence-corrected chi connectivity index (χ2v) is 8.51. The molecule has 6 nitrogen and oxygen atoms in total. The molecule has 0 fully saturated rings. The van der Waals surface area contributed by atoms with E-state index in [9.17, 15) is 4.79 Å². The quantitative estimate of drug-likeness (QED) is 0.588. The van der Waals surface area contributed by atoms with Crippen molar-refractivity contribution >= 4 is 44.2 Å². The third-order valence-corrected chi connectivity index (χ3v) is 5.98. The molecule has 152 valence electrons. The third kappa shape index (κ3) is 4.32. The molecule has 29 heavy (non-hydrogen) atoms. The van der Waals surface area contributed by atoms with Crippen LogP contribution in [0.1, 0.15) is 6.42 Å². The van der Waals surface area contributed by atoms with Crippen molar-refractivity contribution in [2.24, 2.45) is 0 Å². The van der Waals surface area contributed by atoms with Gasteiger partial charge in [-0.05, 0) is 51.3 Å². The molecule has 0 saturated carbocycles. The second-order valence-electron chi connectivity index (χ2n) is 7.09. The molecule has 1 aliphatic rings. The average Bonchev–Trinajstić information content (AvgIpc) is 3.15. The van der Waals surface area contributed by atoms with Crippen LogP contribution in [0.3, 0.4) is 0 Å². The monoisotopic (exact) mass is 431 g/mol. The van der Waals surface area contributed by atoms with Gasteiger partial charge in [0, 0.05) is 6.54 Å². The Balaban J connectivity index is 1.61. The van der Waals surface area contributed by atoms with Crippen LogP contribution in [-0.2, 0) is 4.79 Å². The summed E-state index contributed by atoms with van der Waals surface area (Å²) in [6, 6.07) is 13.0. The first-order valence-electron chi connectivity index (χ1n) is 9.42. The molecule has 0 radical (unpaired) electrons. The SMILES string of the molecule is CN(C)CCCN(C(=O)C1COc2ccccc2O1)c1nc2c(Cl)cccc2s1. The summed E-state index contributed by atoms with van der Waals surface area (Å²) < 4.78 is 12.6. The van der Waals surface area contributed by atoms with Crippen molar-refractivity contribution in [3.8, 4) is 11.5 Å². The molecule has 1 unspecified atom stereocenters. The minimum Gasteiger partial charge on any atom is -0.485 e. The van der Waals surface area contributed by atoms with Crippen LogP contribution in [0.15, 0.2) is 42.5 Å². The summed E-state index contributed by atoms with van der Waals surface area (Å²) in [7, 11) is 4.03. The highest BCUT2D eigenvalue weighted by molar-refractivity contribution is 7.22. The van der Waals surface area contributed by atoms with Crippen LogP contribution < -0.4 is 14.4 Å². The van der Waals surface area contributed by atoms with Crippen LogP contribution in [0.4, 0.5) is 5.13 Å². The van der Waals surface area contributed by atoms with Gasteiger partial charge in [-0.2, -0.15) is 0 Å². The van der Waals surface area contributed by atoms with E-state index in [-0.39, 0.29) is 12.5 Å². The maximum Gasteiger partial charge on any atom is 0.273 e. The molecule has 0 bridgehead atoms. The van der Waals surface area contributed by atoms with Gasteiger partial charge >= 0.3 is 0 Å². The van der Waals surface area contributed by atoms with E-state index in [1.54, 1.807) is 11.0 Å². The Labute approximate surface area is 178 Å². The van der Waals surface area contributed by atoms with Gasteiger partial charge in [0.25, 0.3) is 5.91 Å². The molecule has 1 amide bonds. The number of halogens is 1. The number of para-hydroxylation sites is 3. The van der Waals surface area contributed by atoms with Crippen molar-refractivity contribution in [1.29, 1.82) is 0 Å². The highest BCUT2D eigenvalue weighted by Gasteiger charge is 2.33. The van der Waals surface area contributed by atoms with Gasteiger partial charge < -0.3 is 14.4 Å². The lowest BCUT2D eigenvalue weighted by Crippen LogP contribution is -2.47. The van der Waals surface area contributed by atoms with Gasteiger partial charge in [0.1, 0.15) is 12.1 Å². The van der Waals surface area contributed by atoms with Crippen LogP contribution in [-0.4, -0.2) is 55.7 Å². The van der Waals surface area contributed by atoms with E-state index in [1.807, 2.05) is 50.5 Å². The summed E-state index contributed by atoms with van der Waals surface area (Å²) in [5.74, 6) is 1.08. The van der Waals surface area contributed by atoms with E-state index in [2.05, 4.69) is 9.88 Å². The number of hydrogen-bond donors (Lipinski definition) is 0. The largest absolute Gasteiger partial charge is 0.485 e. The van der Waals surface area contributed by atoms with Crippen LogP contribution >= 0.6 is 22.9 Å². The summed E-state index contributed by atoms with van der Waals surface area (Å²) >= 11 is 7.75. The van der Waals surface area contributed by atoms with Crippen LogP contribution in [0.2, 0.25) is 5.02 Å². The van der Waals surface area contributed by atoms with Gasteiger partial charge in [-0.25, -0.2) is 4.98 Å². The van der Waals surface area contributed by atoms with E-state index in [0.717, 1.165) is 17.7 Å². The number of carbonyl (C=O) groups excluding carboxylic acids is 1. The Kier molecular flexibility index (Phi) is 5.89. The fraction of sp³-hybridized carbons (Fsp3) is 0.333. The molecular formula is C21H22ClN3O3S. The topological polar surface area (TPSA) is 54.9 Å². The van der Waals surface area contributed by atoms with Crippen LogP contribution in [0.25, 0.3) is 10.2 Å². The number of aromatic nitrogens is 1. The number of nitrogens with zero attached hydrogens (tertiary/aromatic N) is 3. The van der Waals surface area contributed by atoms with Crippen molar-refractivity contribution in [2.45, 2.75) is 12.5 Å². The average molecular weight is 432 g/mol. The summed E-state index contributed by atoms with van der Waals surface area (Å²) in [4.78, 5) is 21.8. The standard InChI is InChI=1S/C21H22ClN3O3S/c1-24(2)11-6-12-25(21-23-19-14(22)7-5-10-18(19)29-21)20(26)17-13-27-15-8-3-4-9-16(15)28-17/h3-5,7-10,17H,6,11-13H2,1-2H3. The van der Waals surface area contributed by atoms with Crippen molar-refractivity contribution in [2.75, 3.05) is 38.7 Å². The molecular weight excluding hydrogens is 410 g/mol. The maximum absolute atomic E-state index is 13.4. The summed E-state index contributed by atoms with van der Waals surface area (Å²) in [5, 5.41) is 1.20. The van der Waals surface area contributed by atoms with Gasteiger partial charge in [0.15, 0.2) is 16.6 Å². The zero-order valence-corrected chi connectivity index (χ0v) is 17.9.